The number of likely N-dealkylation sites (tertiary alicyclic amines) is 1. The summed E-state index contributed by atoms with van der Waals surface area (Å²) in [4.78, 5) is 28.9. The molecule has 0 spiro atoms. The number of piperidine rings is 1. The Kier molecular flexibility index (Phi) is 8.18. The van der Waals surface area contributed by atoms with Crippen molar-refractivity contribution in [1.29, 1.82) is 0 Å². The van der Waals surface area contributed by atoms with Crippen molar-refractivity contribution in [3.63, 3.8) is 0 Å². The summed E-state index contributed by atoms with van der Waals surface area (Å²) < 4.78 is 11.2. The summed E-state index contributed by atoms with van der Waals surface area (Å²) in [5, 5.41) is 0. The number of ether oxygens (including phenoxy) is 2. The van der Waals surface area contributed by atoms with Gasteiger partial charge < -0.3 is 19.3 Å². The molecule has 2 amide bonds. The van der Waals surface area contributed by atoms with E-state index in [-0.39, 0.29) is 24.3 Å². The van der Waals surface area contributed by atoms with Gasteiger partial charge in [0.1, 0.15) is 11.2 Å². The van der Waals surface area contributed by atoms with Crippen LogP contribution in [0, 0.1) is 0 Å². The number of carbonyl (C=O) groups is 2. The van der Waals surface area contributed by atoms with E-state index < -0.39 is 11.2 Å². The summed E-state index contributed by atoms with van der Waals surface area (Å²) in [5.41, 5.74) is -1.11. The minimum absolute atomic E-state index is 0.0495. The molecule has 2 unspecified atom stereocenters. The standard InChI is InChI=1S/C21H38N2O4/c1-9-12-16-13-11-14-17(23(16)19(25)27-21(6,7)8)15-22(10-2)18(24)26-20(3,4)5/h9,16-17H,1,10-15H2,2-8H3. The third kappa shape index (κ3) is 7.81. The zero-order chi connectivity index (χ0) is 20.8. The van der Waals surface area contributed by atoms with E-state index in [1.807, 2.05) is 59.4 Å². The Bertz CT molecular complexity index is 519. The lowest BCUT2D eigenvalue weighted by atomic mass is 9.93. The van der Waals surface area contributed by atoms with E-state index in [2.05, 4.69) is 6.58 Å². The molecule has 2 atom stereocenters. The zero-order valence-electron chi connectivity index (χ0n) is 18.2. The molecule has 1 aliphatic rings. The van der Waals surface area contributed by atoms with Crippen molar-refractivity contribution in [2.45, 2.75) is 97.4 Å². The summed E-state index contributed by atoms with van der Waals surface area (Å²) in [6.45, 7) is 17.9. The van der Waals surface area contributed by atoms with E-state index in [0.717, 1.165) is 19.3 Å². The van der Waals surface area contributed by atoms with Crippen LogP contribution in [0.1, 0.15) is 74.1 Å². The summed E-state index contributed by atoms with van der Waals surface area (Å²) in [5.74, 6) is 0. The first-order valence-electron chi connectivity index (χ1n) is 9.98. The monoisotopic (exact) mass is 382 g/mol. The molecule has 1 aliphatic heterocycles. The van der Waals surface area contributed by atoms with Crippen molar-refractivity contribution in [1.82, 2.24) is 9.80 Å². The van der Waals surface area contributed by atoms with Crippen molar-refractivity contribution in [2.24, 2.45) is 0 Å². The van der Waals surface area contributed by atoms with E-state index in [9.17, 15) is 9.59 Å². The number of amides is 2. The second-order valence-corrected chi connectivity index (χ2v) is 9.17. The highest BCUT2D eigenvalue weighted by atomic mass is 16.6. The third-order valence-electron chi connectivity index (χ3n) is 4.37. The summed E-state index contributed by atoms with van der Waals surface area (Å²) in [6.07, 6.45) is 4.66. The van der Waals surface area contributed by atoms with Crippen LogP contribution in [0.3, 0.4) is 0 Å². The van der Waals surface area contributed by atoms with Crippen LogP contribution in [0.5, 0.6) is 0 Å². The predicted octanol–water partition coefficient (Wildman–Crippen LogP) is 4.98. The van der Waals surface area contributed by atoms with Gasteiger partial charge in [-0.1, -0.05) is 6.08 Å². The van der Waals surface area contributed by atoms with Gasteiger partial charge in [0.25, 0.3) is 0 Å². The van der Waals surface area contributed by atoms with Crippen LogP contribution in [-0.4, -0.2) is 58.4 Å². The Morgan fingerprint density at radius 2 is 1.63 bits per heavy atom. The average molecular weight is 383 g/mol. The first kappa shape index (κ1) is 23.3. The first-order chi connectivity index (χ1) is 12.4. The summed E-state index contributed by atoms with van der Waals surface area (Å²) in [6, 6.07) is -0.0422. The van der Waals surface area contributed by atoms with Gasteiger partial charge in [-0.2, -0.15) is 0 Å². The van der Waals surface area contributed by atoms with E-state index in [4.69, 9.17) is 9.47 Å². The maximum Gasteiger partial charge on any atom is 0.410 e. The predicted molar refractivity (Wildman–Crippen MR) is 108 cm³/mol. The molecule has 1 saturated heterocycles. The van der Waals surface area contributed by atoms with Crippen molar-refractivity contribution in [3.8, 4) is 0 Å². The van der Waals surface area contributed by atoms with E-state index in [1.165, 1.54) is 0 Å². The van der Waals surface area contributed by atoms with Gasteiger partial charge in [-0.3, -0.25) is 0 Å². The Balaban J connectivity index is 2.99. The second kappa shape index (κ2) is 9.47. The molecule has 0 radical (unpaired) electrons. The quantitative estimate of drug-likeness (QED) is 0.629. The summed E-state index contributed by atoms with van der Waals surface area (Å²) >= 11 is 0. The van der Waals surface area contributed by atoms with E-state index in [1.54, 1.807) is 4.90 Å². The highest BCUT2D eigenvalue weighted by Crippen LogP contribution is 2.28. The molecule has 0 aromatic rings. The molecule has 0 N–H and O–H groups in total. The van der Waals surface area contributed by atoms with Crippen molar-refractivity contribution >= 4 is 12.2 Å². The van der Waals surface area contributed by atoms with Gasteiger partial charge in [-0.15, -0.1) is 6.58 Å². The Morgan fingerprint density at radius 1 is 1.07 bits per heavy atom. The molecule has 1 heterocycles. The van der Waals surface area contributed by atoms with Gasteiger partial charge in [0.2, 0.25) is 0 Å². The Hall–Kier alpha value is -1.72. The highest BCUT2D eigenvalue weighted by Gasteiger charge is 2.38. The van der Waals surface area contributed by atoms with Crippen LogP contribution in [0.25, 0.3) is 0 Å². The molecule has 156 valence electrons. The summed E-state index contributed by atoms with van der Waals surface area (Å²) in [7, 11) is 0. The topological polar surface area (TPSA) is 59.1 Å². The van der Waals surface area contributed by atoms with Gasteiger partial charge in [-0.05, 0) is 74.1 Å². The molecule has 6 heteroatoms. The van der Waals surface area contributed by atoms with Crippen LogP contribution < -0.4 is 0 Å². The van der Waals surface area contributed by atoms with Gasteiger partial charge in [0.15, 0.2) is 0 Å². The van der Waals surface area contributed by atoms with Crippen LogP contribution in [0.4, 0.5) is 9.59 Å². The van der Waals surface area contributed by atoms with Crippen LogP contribution in [-0.2, 0) is 9.47 Å². The van der Waals surface area contributed by atoms with Crippen LogP contribution in [0.2, 0.25) is 0 Å². The molecular formula is C21H38N2O4. The second-order valence-electron chi connectivity index (χ2n) is 9.17. The van der Waals surface area contributed by atoms with Crippen molar-refractivity contribution in [3.05, 3.63) is 12.7 Å². The third-order valence-corrected chi connectivity index (χ3v) is 4.37. The molecule has 0 aromatic heterocycles. The maximum absolute atomic E-state index is 12.9. The molecule has 1 rings (SSSR count). The fraction of sp³-hybridized carbons (Fsp3) is 0.810. The Morgan fingerprint density at radius 3 is 2.11 bits per heavy atom. The molecule has 0 bridgehead atoms. The SMILES string of the molecule is C=CCC1CCCC(CN(CC)C(=O)OC(C)(C)C)N1C(=O)OC(C)(C)C. The van der Waals surface area contributed by atoms with Gasteiger partial charge >= 0.3 is 12.2 Å². The van der Waals surface area contributed by atoms with Gasteiger partial charge in [0.05, 0.1) is 6.04 Å². The lowest BCUT2D eigenvalue weighted by Crippen LogP contribution is -2.56. The largest absolute Gasteiger partial charge is 0.444 e. The van der Waals surface area contributed by atoms with E-state index >= 15 is 0 Å². The lowest BCUT2D eigenvalue weighted by molar-refractivity contribution is -0.0159. The number of carbonyl (C=O) groups excluding carboxylic acids is 2. The lowest BCUT2D eigenvalue weighted by Gasteiger charge is -2.43. The molecule has 0 saturated carbocycles. The minimum Gasteiger partial charge on any atom is -0.444 e. The number of hydrogen-bond donors (Lipinski definition) is 0. The molecule has 6 nitrogen and oxygen atoms in total. The minimum atomic E-state index is -0.562. The normalized spacial score (nSPS) is 20.8. The van der Waals surface area contributed by atoms with Crippen molar-refractivity contribution in [2.75, 3.05) is 13.1 Å². The number of rotatable bonds is 5. The number of likely N-dealkylation sites (N-methyl/N-ethyl adjacent to an activating group) is 1. The van der Waals surface area contributed by atoms with Gasteiger partial charge in [-0.25, -0.2) is 9.59 Å². The van der Waals surface area contributed by atoms with Crippen molar-refractivity contribution < 1.29 is 19.1 Å². The molecular weight excluding hydrogens is 344 g/mol. The number of nitrogens with zero attached hydrogens (tertiary/aromatic N) is 2. The molecule has 27 heavy (non-hydrogen) atoms. The van der Waals surface area contributed by atoms with Crippen LogP contribution >= 0.6 is 0 Å². The molecule has 0 aliphatic carbocycles. The fourth-order valence-corrected chi connectivity index (χ4v) is 3.29. The van der Waals surface area contributed by atoms with Gasteiger partial charge in [0, 0.05) is 19.1 Å². The van der Waals surface area contributed by atoms with E-state index in [0.29, 0.717) is 19.5 Å². The maximum atomic E-state index is 12.9. The average Bonchev–Trinajstić information content (AvgIpc) is 2.49. The fourth-order valence-electron chi connectivity index (χ4n) is 3.29. The first-order valence-corrected chi connectivity index (χ1v) is 9.98. The zero-order valence-corrected chi connectivity index (χ0v) is 18.2. The highest BCUT2D eigenvalue weighted by molar-refractivity contribution is 5.70. The van der Waals surface area contributed by atoms with Crippen LogP contribution in [0.15, 0.2) is 12.7 Å². The number of hydrogen-bond acceptors (Lipinski definition) is 4. The molecule has 0 aromatic carbocycles. The Labute approximate surface area is 164 Å². The smallest absolute Gasteiger partial charge is 0.410 e. The molecule has 1 fully saturated rings.